The van der Waals surface area contributed by atoms with E-state index in [-0.39, 0.29) is 13.0 Å². The van der Waals surface area contributed by atoms with Crippen molar-refractivity contribution in [3.05, 3.63) is 22.3 Å². The van der Waals surface area contributed by atoms with Crippen molar-refractivity contribution in [2.75, 3.05) is 11.9 Å². The summed E-state index contributed by atoms with van der Waals surface area (Å²) in [7, 11) is 0. The van der Waals surface area contributed by atoms with Crippen LogP contribution in [-0.4, -0.2) is 45.7 Å². The first-order chi connectivity index (χ1) is 9.38. The van der Waals surface area contributed by atoms with Gasteiger partial charge in [-0.25, -0.2) is 14.2 Å². The molecule has 108 valence electrons. The first kappa shape index (κ1) is 14.7. The standard InChI is InChI=1S/C12H13BrFN3O3/c1-6-2-3-9(15-10(6)13)16-11(18)8-4-7(14)5-17(8)12(19)20/h2-3,7-8H,4-5H2,1H3,(H,19,20)(H,15,16,18)/t7-,8+/m1/s1. The Hall–Kier alpha value is -1.70. The van der Waals surface area contributed by atoms with E-state index in [1.54, 1.807) is 12.1 Å². The number of likely N-dealkylation sites (tertiary alicyclic amines) is 1. The number of carbonyl (C=O) groups excluding carboxylic acids is 1. The predicted octanol–water partition coefficient (Wildman–Crippen LogP) is 2.18. The summed E-state index contributed by atoms with van der Waals surface area (Å²) in [6, 6.07) is 2.34. The summed E-state index contributed by atoms with van der Waals surface area (Å²) < 4.78 is 13.9. The molecule has 0 aliphatic carbocycles. The minimum Gasteiger partial charge on any atom is -0.465 e. The third kappa shape index (κ3) is 3.06. The number of alkyl halides is 1. The van der Waals surface area contributed by atoms with Crippen LogP contribution >= 0.6 is 15.9 Å². The molecule has 0 radical (unpaired) electrons. The number of carbonyl (C=O) groups is 2. The summed E-state index contributed by atoms with van der Waals surface area (Å²) >= 11 is 3.24. The van der Waals surface area contributed by atoms with Crippen LogP contribution in [0.5, 0.6) is 0 Å². The van der Waals surface area contributed by atoms with Gasteiger partial charge in [0.05, 0.1) is 6.54 Å². The molecule has 1 aliphatic rings. The summed E-state index contributed by atoms with van der Waals surface area (Å²) in [5, 5.41) is 11.5. The number of anilines is 1. The Bertz CT molecular complexity index is 555. The van der Waals surface area contributed by atoms with Crippen LogP contribution in [-0.2, 0) is 4.79 Å². The Morgan fingerprint density at radius 3 is 2.85 bits per heavy atom. The lowest BCUT2D eigenvalue weighted by Crippen LogP contribution is -2.42. The molecule has 2 rings (SSSR count). The Labute approximate surface area is 123 Å². The lowest BCUT2D eigenvalue weighted by Gasteiger charge is -2.20. The van der Waals surface area contributed by atoms with Gasteiger partial charge < -0.3 is 10.4 Å². The summed E-state index contributed by atoms with van der Waals surface area (Å²) in [5.41, 5.74) is 0.903. The monoisotopic (exact) mass is 345 g/mol. The normalized spacial score (nSPS) is 21.9. The highest BCUT2D eigenvalue weighted by Gasteiger charge is 2.40. The molecule has 1 aromatic heterocycles. The molecule has 0 bridgehead atoms. The van der Waals surface area contributed by atoms with Gasteiger partial charge in [0.2, 0.25) is 5.91 Å². The number of halogens is 2. The lowest BCUT2D eigenvalue weighted by atomic mass is 10.2. The Balaban J connectivity index is 2.11. The highest BCUT2D eigenvalue weighted by molar-refractivity contribution is 9.10. The molecule has 1 fully saturated rings. The van der Waals surface area contributed by atoms with Crippen LogP contribution < -0.4 is 5.32 Å². The molecule has 6 nitrogen and oxygen atoms in total. The number of pyridine rings is 1. The van der Waals surface area contributed by atoms with E-state index in [0.717, 1.165) is 10.5 Å². The van der Waals surface area contributed by atoms with E-state index in [1.165, 1.54) is 0 Å². The van der Waals surface area contributed by atoms with E-state index in [9.17, 15) is 14.0 Å². The van der Waals surface area contributed by atoms with Crippen LogP contribution in [0.3, 0.4) is 0 Å². The number of hydrogen-bond acceptors (Lipinski definition) is 3. The highest BCUT2D eigenvalue weighted by atomic mass is 79.9. The van der Waals surface area contributed by atoms with E-state index in [4.69, 9.17) is 5.11 Å². The number of nitrogens with one attached hydrogen (secondary N) is 1. The van der Waals surface area contributed by atoms with E-state index < -0.39 is 24.2 Å². The Morgan fingerprint density at radius 2 is 2.25 bits per heavy atom. The molecule has 2 heterocycles. The molecule has 0 aromatic carbocycles. The van der Waals surface area contributed by atoms with Crippen molar-refractivity contribution in [1.29, 1.82) is 0 Å². The number of aromatic nitrogens is 1. The van der Waals surface area contributed by atoms with Crippen LogP contribution in [0.1, 0.15) is 12.0 Å². The van der Waals surface area contributed by atoms with Crippen molar-refractivity contribution in [2.45, 2.75) is 25.6 Å². The van der Waals surface area contributed by atoms with E-state index >= 15 is 0 Å². The maximum atomic E-state index is 13.3. The van der Waals surface area contributed by atoms with Crippen molar-refractivity contribution in [2.24, 2.45) is 0 Å². The van der Waals surface area contributed by atoms with E-state index in [2.05, 4.69) is 26.2 Å². The fraction of sp³-hybridized carbons (Fsp3) is 0.417. The average molecular weight is 346 g/mol. The SMILES string of the molecule is Cc1ccc(NC(=O)[C@@H]2C[C@@H](F)CN2C(=O)O)nc1Br. The maximum Gasteiger partial charge on any atom is 0.408 e. The van der Waals surface area contributed by atoms with Gasteiger partial charge in [-0.1, -0.05) is 6.07 Å². The second-order valence-electron chi connectivity index (χ2n) is 4.58. The van der Waals surface area contributed by atoms with Crippen LogP contribution in [0, 0.1) is 6.92 Å². The first-order valence-corrected chi connectivity index (χ1v) is 6.75. The maximum absolute atomic E-state index is 13.3. The fourth-order valence-corrected chi connectivity index (χ4v) is 2.35. The van der Waals surface area contributed by atoms with Crippen LogP contribution in [0.2, 0.25) is 0 Å². The number of amides is 2. The third-order valence-corrected chi connectivity index (χ3v) is 3.89. The number of carboxylic acid groups (broad SMARTS) is 1. The largest absolute Gasteiger partial charge is 0.465 e. The first-order valence-electron chi connectivity index (χ1n) is 5.96. The molecule has 20 heavy (non-hydrogen) atoms. The van der Waals surface area contributed by atoms with Crippen LogP contribution in [0.25, 0.3) is 0 Å². The smallest absolute Gasteiger partial charge is 0.408 e. The van der Waals surface area contributed by atoms with Gasteiger partial charge in [0, 0.05) is 6.42 Å². The Kier molecular flexibility index (Phi) is 4.22. The van der Waals surface area contributed by atoms with Gasteiger partial charge in [-0.3, -0.25) is 9.69 Å². The number of aryl methyl sites for hydroxylation is 1. The van der Waals surface area contributed by atoms with Gasteiger partial charge in [0.1, 0.15) is 22.6 Å². The van der Waals surface area contributed by atoms with E-state index in [1.807, 2.05) is 6.92 Å². The van der Waals surface area contributed by atoms with Gasteiger partial charge in [-0.05, 0) is 34.5 Å². The quantitative estimate of drug-likeness (QED) is 0.805. The molecule has 0 unspecified atom stereocenters. The molecule has 1 aliphatic heterocycles. The fourth-order valence-electron chi connectivity index (χ4n) is 2.03. The molecule has 2 N–H and O–H groups in total. The lowest BCUT2D eigenvalue weighted by molar-refractivity contribution is -0.120. The van der Waals surface area contributed by atoms with Gasteiger partial charge >= 0.3 is 6.09 Å². The van der Waals surface area contributed by atoms with Crippen molar-refractivity contribution in [3.8, 4) is 0 Å². The molecule has 1 aromatic rings. The number of hydrogen-bond donors (Lipinski definition) is 2. The molecule has 0 spiro atoms. The molecule has 2 amide bonds. The number of nitrogens with zero attached hydrogens (tertiary/aromatic N) is 2. The molecule has 0 saturated carbocycles. The van der Waals surface area contributed by atoms with Gasteiger partial charge in [-0.15, -0.1) is 0 Å². The summed E-state index contributed by atoms with van der Waals surface area (Å²) in [5.74, 6) is -0.282. The van der Waals surface area contributed by atoms with Crippen molar-refractivity contribution >= 4 is 33.7 Å². The number of rotatable bonds is 2. The zero-order valence-corrected chi connectivity index (χ0v) is 12.2. The average Bonchev–Trinajstić information content (AvgIpc) is 2.76. The van der Waals surface area contributed by atoms with Crippen LogP contribution in [0.15, 0.2) is 16.7 Å². The zero-order chi connectivity index (χ0) is 14.9. The summed E-state index contributed by atoms with van der Waals surface area (Å²) in [6.45, 7) is 1.57. The topological polar surface area (TPSA) is 82.5 Å². The van der Waals surface area contributed by atoms with Gasteiger partial charge in [0.25, 0.3) is 0 Å². The predicted molar refractivity (Wildman–Crippen MR) is 73.3 cm³/mol. The van der Waals surface area contributed by atoms with Crippen molar-refractivity contribution in [3.63, 3.8) is 0 Å². The molecular weight excluding hydrogens is 333 g/mol. The summed E-state index contributed by atoms with van der Waals surface area (Å²) in [6.07, 6.45) is -2.76. The Morgan fingerprint density at radius 1 is 1.55 bits per heavy atom. The van der Waals surface area contributed by atoms with Gasteiger partial charge in [0.15, 0.2) is 0 Å². The minimum absolute atomic E-state index is 0.134. The molecular formula is C12H13BrFN3O3. The third-order valence-electron chi connectivity index (χ3n) is 3.08. The summed E-state index contributed by atoms with van der Waals surface area (Å²) in [4.78, 5) is 27.9. The molecule has 1 saturated heterocycles. The minimum atomic E-state index is -1.32. The van der Waals surface area contributed by atoms with E-state index in [0.29, 0.717) is 10.4 Å². The highest BCUT2D eigenvalue weighted by Crippen LogP contribution is 2.22. The van der Waals surface area contributed by atoms with Crippen molar-refractivity contribution in [1.82, 2.24) is 9.88 Å². The zero-order valence-electron chi connectivity index (χ0n) is 10.6. The second-order valence-corrected chi connectivity index (χ2v) is 5.33. The van der Waals surface area contributed by atoms with Crippen molar-refractivity contribution < 1.29 is 19.1 Å². The second kappa shape index (κ2) is 5.74. The van der Waals surface area contributed by atoms with Gasteiger partial charge in [-0.2, -0.15) is 0 Å². The van der Waals surface area contributed by atoms with Crippen LogP contribution in [0.4, 0.5) is 15.0 Å². The molecule has 8 heteroatoms. The molecule has 2 atom stereocenters.